The fourth-order valence-electron chi connectivity index (χ4n) is 2.96. The lowest BCUT2D eigenvalue weighted by molar-refractivity contribution is -0.116. The molecule has 1 N–H and O–H groups in total. The van der Waals surface area contributed by atoms with Gasteiger partial charge in [-0.1, -0.05) is 18.2 Å². The van der Waals surface area contributed by atoms with Crippen molar-refractivity contribution in [3.05, 3.63) is 82.0 Å². The first kappa shape index (κ1) is 19.2. The van der Waals surface area contributed by atoms with Crippen molar-refractivity contribution in [2.24, 2.45) is 0 Å². The Morgan fingerprint density at radius 3 is 2.50 bits per heavy atom. The Labute approximate surface area is 161 Å². The van der Waals surface area contributed by atoms with Gasteiger partial charge in [-0.15, -0.1) is 6.58 Å². The second-order valence-corrected chi connectivity index (χ2v) is 6.10. The molecule has 0 aliphatic carbocycles. The molecule has 7 nitrogen and oxygen atoms in total. The van der Waals surface area contributed by atoms with E-state index in [1.807, 2.05) is 6.92 Å². The number of aromatic nitrogens is 2. The molecule has 1 amide bonds. The molecule has 0 aliphatic rings. The summed E-state index contributed by atoms with van der Waals surface area (Å²) in [5, 5.41) is 3.13. The zero-order chi connectivity index (χ0) is 20.1. The highest BCUT2D eigenvalue weighted by Gasteiger charge is 2.14. The Morgan fingerprint density at radius 1 is 1.11 bits per heavy atom. The number of nitrogens with one attached hydrogen (secondary N) is 1. The summed E-state index contributed by atoms with van der Waals surface area (Å²) in [6, 6.07) is 13.7. The second kappa shape index (κ2) is 8.39. The van der Waals surface area contributed by atoms with Gasteiger partial charge in [0, 0.05) is 12.2 Å². The van der Waals surface area contributed by atoms with E-state index in [1.165, 1.54) is 10.6 Å². The van der Waals surface area contributed by atoms with Crippen LogP contribution >= 0.6 is 0 Å². The molecule has 144 valence electrons. The van der Waals surface area contributed by atoms with Crippen LogP contribution in [-0.4, -0.2) is 21.6 Å². The summed E-state index contributed by atoms with van der Waals surface area (Å²) in [5.74, 6) is 0.333. The Morgan fingerprint density at radius 2 is 1.82 bits per heavy atom. The Bertz CT molecular complexity index is 1130. The predicted molar refractivity (Wildman–Crippen MR) is 109 cm³/mol. The first-order valence-electron chi connectivity index (χ1n) is 8.91. The monoisotopic (exact) mass is 379 g/mol. The number of benzene rings is 2. The third-order valence-electron chi connectivity index (χ3n) is 4.19. The van der Waals surface area contributed by atoms with Gasteiger partial charge in [0.2, 0.25) is 5.91 Å². The van der Waals surface area contributed by atoms with E-state index in [-0.39, 0.29) is 19.0 Å². The van der Waals surface area contributed by atoms with Crippen LogP contribution in [0.2, 0.25) is 0 Å². The van der Waals surface area contributed by atoms with Crippen molar-refractivity contribution in [1.82, 2.24) is 9.13 Å². The highest BCUT2D eigenvalue weighted by atomic mass is 16.5. The average molecular weight is 379 g/mol. The molecule has 0 unspecified atom stereocenters. The molecule has 0 radical (unpaired) electrons. The van der Waals surface area contributed by atoms with E-state index < -0.39 is 11.2 Å². The van der Waals surface area contributed by atoms with Crippen LogP contribution in [0.15, 0.2) is 70.8 Å². The van der Waals surface area contributed by atoms with E-state index in [0.717, 1.165) is 4.57 Å². The number of anilines is 1. The Hall–Kier alpha value is -3.61. The smallest absolute Gasteiger partial charge is 0.332 e. The largest absolute Gasteiger partial charge is 0.494 e. The zero-order valence-electron chi connectivity index (χ0n) is 15.6. The van der Waals surface area contributed by atoms with Crippen molar-refractivity contribution in [3.63, 3.8) is 0 Å². The summed E-state index contributed by atoms with van der Waals surface area (Å²) in [6.07, 6.45) is 1.47. The summed E-state index contributed by atoms with van der Waals surface area (Å²) < 4.78 is 7.74. The van der Waals surface area contributed by atoms with Gasteiger partial charge in [0.05, 0.1) is 17.5 Å². The standard InChI is InChI=1S/C21H21N3O4/c1-3-13-23-20(26)17-7-5-6-8-18(17)24(21(23)27)14-19(25)22-15-9-11-16(12-10-15)28-4-2/h3,5-12H,1,4,13-14H2,2H3,(H,22,25). The molecule has 1 heterocycles. The molecule has 0 aliphatic heterocycles. The quantitative estimate of drug-likeness (QED) is 0.639. The van der Waals surface area contributed by atoms with E-state index in [0.29, 0.717) is 28.9 Å². The van der Waals surface area contributed by atoms with Gasteiger partial charge in [-0.3, -0.25) is 18.7 Å². The minimum Gasteiger partial charge on any atom is -0.494 e. The van der Waals surface area contributed by atoms with Crippen LogP contribution in [0.4, 0.5) is 5.69 Å². The molecule has 0 spiro atoms. The molecule has 1 aromatic heterocycles. The molecule has 3 rings (SSSR count). The lowest BCUT2D eigenvalue weighted by Gasteiger charge is -2.13. The van der Waals surface area contributed by atoms with Crippen LogP contribution in [0, 0.1) is 0 Å². The van der Waals surface area contributed by atoms with Gasteiger partial charge in [-0.2, -0.15) is 0 Å². The molecular formula is C21H21N3O4. The third-order valence-corrected chi connectivity index (χ3v) is 4.19. The van der Waals surface area contributed by atoms with Crippen LogP contribution in [-0.2, 0) is 17.9 Å². The maximum Gasteiger partial charge on any atom is 0.332 e. The molecule has 7 heteroatoms. The van der Waals surface area contributed by atoms with Crippen LogP contribution in [0.1, 0.15) is 6.92 Å². The highest BCUT2D eigenvalue weighted by Crippen LogP contribution is 2.16. The van der Waals surface area contributed by atoms with Crippen LogP contribution in [0.5, 0.6) is 5.75 Å². The number of hydrogen-bond acceptors (Lipinski definition) is 4. The number of para-hydroxylation sites is 1. The summed E-state index contributed by atoms with van der Waals surface area (Å²) >= 11 is 0. The first-order chi connectivity index (χ1) is 13.5. The third kappa shape index (κ3) is 3.88. The number of rotatable bonds is 7. The average Bonchev–Trinajstić information content (AvgIpc) is 2.70. The molecule has 0 bridgehead atoms. The molecule has 3 aromatic rings. The summed E-state index contributed by atoms with van der Waals surface area (Å²) in [6.45, 7) is 5.89. The number of nitrogens with zero attached hydrogens (tertiary/aromatic N) is 2. The molecular weight excluding hydrogens is 358 g/mol. The van der Waals surface area contributed by atoms with Crippen molar-refractivity contribution >= 4 is 22.5 Å². The SMILES string of the molecule is C=CCn1c(=O)c2ccccc2n(CC(=O)Nc2ccc(OCC)cc2)c1=O. The van der Waals surface area contributed by atoms with E-state index in [1.54, 1.807) is 48.5 Å². The summed E-state index contributed by atoms with van der Waals surface area (Å²) in [5.41, 5.74) is 0.0546. The second-order valence-electron chi connectivity index (χ2n) is 6.10. The van der Waals surface area contributed by atoms with Gasteiger partial charge in [0.1, 0.15) is 12.3 Å². The van der Waals surface area contributed by atoms with Gasteiger partial charge in [-0.25, -0.2) is 4.79 Å². The van der Waals surface area contributed by atoms with Crippen LogP contribution in [0.3, 0.4) is 0 Å². The number of carbonyl (C=O) groups excluding carboxylic acids is 1. The van der Waals surface area contributed by atoms with Crippen LogP contribution in [0.25, 0.3) is 10.9 Å². The molecule has 0 saturated heterocycles. The summed E-state index contributed by atoms with van der Waals surface area (Å²) in [7, 11) is 0. The fraction of sp³-hybridized carbons (Fsp3) is 0.190. The van der Waals surface area contributed by atoms with Gasteiger partial charge in [0.15, 0.2) is 0 Å². The maximum absolute atomic E-state index is 12.8. The molecule has 0 fully saturated rings. The van der Waals surface area contributed by atoms with Crippen molar-refractivity contribution in [2.75, 3.05) is 11.9 Å². The Kier molecular flexibility index (Phi) is 5.74. The van der Waals surface area contributed by atoms with E-state index >= 15 is 0 Å². The highest BCUT2D eigenvalue weighted by molar-refractivity contribution is 5.91. The van der Waals surface area contributed by atoms with E-state index in [9.17, 15) is 14.4 Å². The minimum absolute atomic E-state index is 0.0724. The lowest BCUT2D eigenvalue weighted by Crippen LogP contribution is -2.41. The van der Waals surface area contributed by atoms with Gasteiger partial charge >= 0.3 is 5.69 Å². The normalized spacial score (nSPS) is 10.6. The van der Waals surface area contributed by atoms with Crippen molar-refractivity contribution < 1.29 is 9.53 Å². The fourth-order valence-corrected chi connectivity index (χ4v) is 2.96. The zero-order valence-corrected chi connectivity index (χ0v) is 15.6. The van der Waals surface area contributed by atoms with Crippen molar-refractivity contribution in [1.29, 1.82) is 0 Å². The Balaban J connectivity index is 1.93. The van der Waals surface area contributed by atoms with Crippen molar-refractivity contribution in [3.8, 4) is 5.75 Å². The molecule has 28 heavy (non-hydrogen) atoms. The molecule has 0 saturated carbocycles. The van der Waals surface area contributed by atoms with Gasteiger partial charge in [0.25, 0.3) is 5.56 Å². The minimum atomic E-state index is -0.551. The van der Waals surface area contributed by atoms with Crippen molar-refractivity contribution in [2.45, 2.75) is 20.0 Å². The predicted octanol–water partition coefficient (Wildman–Crippen LogP) is 2.39. The summed E-state index contributed by atoms with van der Waals surface area (Å²) in [4.78, 5) is 37.9. The number of amides is 1. The van der Waals surface area contributed by atoms with E-state index in [4.69, 9.17) is 4.74 Å². The number of carbonyl (C=O) groups is 1. The lowest BCUT2D eigenvalue weighted by atomic mass is 10.2. The molecule has 0 atom stereocenters. The van der Waals surface area contributed by atoms with Crippen LogP contribution < -0.4 is 21.3 Å². The van der Waals surface area contributed by atoms with E-state index in [2.05, 4.69) is 11.9 Å². The number of fused-ring (bicyclic) bond motifs is 1. The maximum atomic E-state index is 12.8. The topological polar surface area (TPSA) is 82.3 Å². The number of ether oxygens (including phenoxy) is 1. The van der Waals surface area contributed by atoms with Gasteiger partial charge < -0.3 is 10.1 Å². The number of allylic oxidation sites excluding steroid dienone is 1. The van der Waals surface area contributed by atoms with Gasteiger partial charge in [-0.05, 0) is 43.3 Å². The first-order valence-corrected chi connectivity index (χ1v) is 8.91. The number of hydrogen-bond donors (Lipinski definition) is 1. The molecule has 2 aromatic carbocycles.